The maximum absolute atomic E-state index is 11.7. The number of aryl methyl sites for hydroxylation is 1. The number of methoxy groups -OCH3 is 1. The van der Waals surface area contributed by atoms with Crippen LogP contribution in [-0.2, 0) is 0 Å². The molecule has 0 spiro atoms. The highest BCUT2D eigenvalue weighted by atomic mass is 16.5. The first-order chi connectivity index (χ1) is 8.15. The van der Waals surface area contributed by atoms with Crippen LogP contribution in [0.25, 0.3) is 11.3 Å². The summed E-state index contributed by atoms with van der Waals surface area (Å²) in [6.07, 6.45) is 3.07. The molecule has 4 nitrogen and oxygen atoms in total. The van der Waals surface area contributed by atoms with Crippen LogP contribution in [0, 0.1) is 13.8 Å². The maximum atomic E-state index is 11.7. The molecule has 2 aromatic rings. The van der Waals surface area contributed by atoms with E-state index in [1.165, 1.54) is 6.20 Å². The number of nitrogens with one attached hydrogen (secondary N) is 1. The van der Waals surface area contributed by atoms with Crippen LogP contribution in [0.2, 0.25) is 0 Å². The van der Waals surface area contributed by atoms with Crippen LogP contribution >= 0.6 is 0 Å². The van der Waals surface area contributed by atoms with Crippen LogP contribution in [0.15, 0.2) is 29.3 Å². The number of hydrogen-bond donors (Lipinski definition) is 1. The van der Waals surface area contributed by atoms with Crippen molar-refractivity contribution in [3.05, 3.63) is 46.0 Å². The Hall–Kier alpha value is -2.10. The normalized spacial score (nSPS) is 10.3. The molecule has 1 aromatic heterocycles. The molecule has 0 amide bonds. The first kappa shape index (κ1) is 11.4. The smallest absolute Gasteiger partial charge is 0.274 e. The van der Waals surface area contributed by atoms with Gasteiger partial charge in [-0.25, -0.2) is 4.98 Å². The number of hydrogen-bond acceptors (Lipinski definition) is 3. The lowest BCUT2D eigenvalue weighted by Crippen LogP contribution is -2.10. The number of aromatic amines is 1. The largest absolute Gasteiger partial charge is 0.496 e. The minimum absolute atomic E-state index is 0.214. The van der Waals surface area contributed by atoms with Gasteiger partial charge >= 0.3 is 0 Å². The molecule has 1 aromatic carbocycles. The summed E-state index contributed by atoms with van der Waals surface area (Å²) in [4.78, 5) is 18.4. The summed E-state index contributed by atoms with van der Waals surface area (Å²) >= 11 is 0. The summed E-state index contributed by atoms with van der Waals surface area (Å²) in [7, 11) is 1.60. The van der Waals surface area contributed by atoms with E-state index < -0.39 is 0 Å². The molecule has 0 unspecified atom stereocenters. The van der Waals surface area contributed by atoms with Gasteiger partial charge < -0.3 is 9.72 Å². The zero-order valence-electron chi connectivity index (χ0n) is 10.1. The quantitative estimate of drug-likeness (QED) is 0.859. The molecular weight excluding hydrogens is 216 g/mol. The summed E-state index contributed by atoms with van der Waals surface area (Å²) in [6, 6.07) is 3.82. The van der Waals surface area contributed by atoms with E-state index in [4.69, 9.17) is 4.74 Å². The number of nitrogens with zero attached hydrogens (tertiary/aromatic N) is 1. The Kier molecular flexibility index (Phi) is 2.95. The Morgan fingerprint density at radius 2 is 2.06 bits per heavy atom. The van der Waals surface area contributed by atoms with Crippen LogP contribution < -0.4 is 10.3 Å². The van der Waals surface area contributed by atoms with Crippen molar-refractivity contribution in [2.24, 2.45) is 0 Å². The van der Waals surface area contributed by atoms with E-state index in [1.807, 2.05) is 26.0 Å². The van der Waals surface area contributed by atoms with Gasteiger partial charge in [0.05, 0.1) is 7.11 Å². The molecule has 0 aliphatic rings. The molecule has 0 aliphatic carbocycles. The van der Waals surface area contributed by atoms with Gasteiger partial charge in [0, 0.05) is 18.0 Å². The van der Waals surface area contributed by atoms with Crippen LogP contribution in [0.4, 0.5) is 0 Å². The van der Waals surface area contributed by atoms with Crippen molar-refractivity contribution >= 4 is 0 Å². The standard InChI is InChI=1S/C13H14N2O2/c1-8-4-5-10(12(17-3)9(8)2)11-13(16)15-7-6-14-11/h4-7H,1-3H3,(H,15,16). The fourth-order valence-electron chi connectivity index (χ4n) is 1.78. The van der Waals surface area contributed by atoms with Gasteiger partial charge in [0.2, 0.25) is 0 Å². The van der Waals surface area contributed by atoms with Gasteiger partial charge in [-0.3, -0.25) is 4.79 Å². The average molecular weight is 230 g/mol. The van der Waals surface area contributed by atoms with Crippen molar-refractivity contribution in [3.63, 3.8) is 0 Å². The molecule has 0 saturated heterocycles. The molecule has 0 aliphatic heterocycles. The first-order valence-electron chi connectivity index (χ1n) is 5.33. The van der Waals surface area contributed by atoms with Crippen molar-refractivity contribution in [2.75, 3.05) is 7.11 Å². The molecule has 88 valence electrons. The zero-order valence-corrected chi connectivity index (χ0v) is 10.1. The Morgan fingerprint density at radius 1 is 1.29 bits per heavy atom. The minimum Gasteiger partial charge on any atom is -0.496 e. The lowest BCUT2D eigenvalue weighted by Gasteiger charge is -2.12. The van der Waals surface area contributed by atoms with E-state index in [0.29, 0.717) is 11.4 Å². The van der Waals surface area contributed by atoms with E-state index in [1.54, 1.807) is 13.3 Å². The highest BCUT2D eigenvalue weighted by Gasteiger charge is 2.13. The van der Waals surface area contributed by atoms with Crippen molar-refractivity contribution in [2.45, 2.75) is 13.8 Å². The second-order valence-corrected chi connectivity index (χ2v) is 3.86. The van der Waals surface area contributed by atoms with Crippen LogP contribution in [-0.4, -0.2) is 17.1 Å². The van der Waals surface area contributed by atoms with Crippen molar-refractivity contribution in [3.8, 4) is 17.0 Å². The molecule has 0 radical (unpaired) electrons. The van der Waals surface area contributed by atoms with Crippen molar-refractivity contribution in [1.29, 1.82) is 0 Å². The Balaban J connectivity index is 2.73. The van der Waals surface area contributed by atoms with Crippen LogP contribution in [0.3, 0.4) is 0 Å². The van der Waals surface area contributed by atoms with E-state index in [0.717, 1.165) is 16.7 Å². The summed E-state index contributed by atoms with van der Waals surface area (Å²) in [5.41, 5.74) is 3.03. The Bertz CT molecular complexity index is 603. The third kappa shape index (κ3) is 1.93. The molecule has 0 bridgehead atoms. The fourth-order valence-corrected chi connectivity index (χ4v) is 1.78. The number of H-pyrrole nitrogens is 1. The lowest BCUT2D eigenvalue weighted by atomic mass is 10.0. The van der Waals surface area contributed by atoms with Gasteiger partial charge in [0.25, 0.3) is 5.56 Å². The Labute approximate surface area is 99.3 Å². The second kappa shape index (κ2) is 4.41. The second-order valence-electron chi connectivity index (χ2n) is 3.86. The summed E-state index contributed by atoms with van der Waals surface area (Å²) in [5, 5.41) is 0. The molecular formula is C13H14N2O2. The van der Waals surface area contributed by atoms with Gasteiger partial charge in [-0.15, -0.1) is 0 Å². The molecule has 4 heteroatoms. The van der Waals surface area contributed by atoms with E-state index >= 15 is 0 Å². The summed E-state index contributed by atoms with van der Waals surface area (Å²) < 4.78 is 5.37. The van der Waals surface area contributed by atoms with Crippen molar-refractivity contribution in [1.82, 2.24) is 9.97 Å². The molecule has 17 heavy (non-hydrogen) atoms. The maximum Gasteiger partial charge on any atom is 0.274 e. The van der Waals surface area contributed by atoms with E-state index in [-0.39, 0.29) is 5.56 Å². The average Bonchev–Trinajstić information content (AvgIpc) is 2.33. The Morgan fingerprint density at radius 3 is 2.71 bits per heavy atom. The van der Waals surface area contributed by atoms with E-state index in [9.17, 15) is 4.79 Å². The monoisotopic (exact) mass is 230 g/mol. The molecule has 1 heterocycles. The zero-order chi connectivity index (χ0) is 12.4. The predicted molar refractivity (Wildman–Crippen MR) is 66.3 cm³/mol. The molecule has 2 rings (SSSR count). The SMILES string of the molecule is COc1c(-c2ncc[nH]c2=O)ccc(C)c1C. The fraction of sp³-hybridized carbons (Fsp3) is 0.231. The topological polar surface area (TPSA) is 55.0 Å². The van der Waals surface area contributed by atoms with Gasteiger partial charge in [0.1, 0.15) is 11.4 Å². The van der Waals surface area contributed by atoms with Crippen LogP contribution in [0.1, 0.15) is 11.1 Å². The lowest BCUT2D eigenvalue weighted by molar-refractivity contribution is 0.413. The third-order valence-electron chi connectivity index (χ3n) is 2.84. The minimum atomic E-state index is -0.214. The summed E-state index contributed by atoms with van der Waals surface area (Å²) in [6.45, 7) is 3.97. The molecule has 0 atom stereocenters. The van der Waals surface area contributed by atoms with E-state index in [2.05, 4.69) is 9.97 Å². The van der Waals surface area contributed by atoms with Gasteiger partial charge in [-0.05, 0) is 31.0 Å². The number of aromatic nitrogens is 2. The number of ether oxygens (including phenoxy) is 1. The van der Waals surface area contributed by atoms with Gasteiger partial charge in [-0.2, -0.15) is 0 Å². The molecule has 0 saturated carbocycles. The highest BCUT2D eigenvalue weighted by molar-refractivity contribution is 5.69. The van der Waals surface area contributed by atoms with Crippen LogP contribution in [0.5, 0.6) is 5.75 Å². The van der Waals surface area contributed by atoms with Crippen molar-refractivity contribution < 1.29 is 4.74 Å². The predicted octanol–water partition coefficient (Wildman–Crippen LogP) is 2.06. The number of rotatable bonds is 2. The number of benzene rings is 1. The first-order valence-corrected chi connectivity index (χ1v) is 5.33. The highest BCUT2D eigenvalue weighted by Crippen LogP contribution is 2.31. The molecule has 0 fully saturated rings. The van der Waals surface area contributed by atoms with Gasteiger partial charge in [-0.1, -0.05) is 6.07 Å². The van der Waals surface area contributed by atoms with Gasteiger partial charge in [0.15, 0.2) is 0 Å². The molecule has 1 N–H and O–H groups in total. The summed E-state index contributed by atoms with van der Waals surface area (Å²) in [5.74, 6) is 0.703. The third-order valence-corrected chi connectivity index (χ3v) is 2.84.